The molecule has 3 rings (SSSR count). The minimum Gasteiger partial charge on any atom is -0.497 e. The first-order valence-electron chi connectivity index (χ1n) is 8.63. The van der Waals surface area contributed by atoms with Crippen LogP contribution in [0.5, 0.6) is 5.75 Å². The molecular weight excluding hydrogens is 366 g/mol. The summed E-state index contributed by atoms with van der Waals surface area (Å²) in [4.78, 5) is 26.3. The van der Waals surface area contributed by atoms with E-state index in [2.05, 4.69) is 5.32 Å². The second-order valence-corrected chi connectivity index (χ2v) is 6.39. The molecule has 1 heterocycles. The molecule has 3 N–H and O–H groups in total. The summed E-state index contributed by atoms with van der Waals surface area (Å²) in [5, 5.41) is 2.93. The van der Waals surface area contributed by atoms with Gasteiger partial charge in [-0.2, -0.15) is 0 Å². The van der Waals surface area contributed by atoms with Gasteiger partial charge >= 0.3 is 0 Å². The van der Waals surface area contributed by atoms with E-state index < -0.39 is 0 Å². The Morgan fingerprint density at radius 1 is 1.19 bits per heavy atom. The van der Waals surface area contributed by atoms with Crippen LogP contribution in [0.2, 0.25) is 0 Å². The van der Waals surface area contributed by atoms with Gasteiger partial charge in [0.25, 0.3) is 0 Å². The molecule has 0 spiro atoms. The van der Waals surface area contributed by atoms with Crippen molar-refractivity contribution in [1.82, 2.24) is 5.32 Å². The highest BCUT2D eigenvalue weighted by Gasteiger charge is 2.34. The molecule has 2 aromatic rings. The molecule has 0 radical (unpaired) electrons. The van der Waals surface area contributed by atoms with E-state index in [1.165, 1.54) is 0 Å². The third-order valence-electron chi connectivity index (χ3n) is 4.57. The summed E-state index contributed by atoms with van der Waals surface area (Å²) in [6, 6.07) is 14.9. The normalized spacial score (nSPS) is 16.0. The van der Waals surface area contributed by atoms with Crippen LogP contribution in [0, 0.1) is 5.92 Å². The van der Waals surface area contributed by atoms with E-state index in [0.717, 1.165) is 29.1 Å². The third-order valence-corrected chi connectivity index (χ3v) is 4.57. The van der Waals surface area contributed by atoms with Crippen molar-refractivity contribution in [2.45, 2.75) is 12.8 Å². The van der Waals surface area contributed by atoms with Gasteiger partial charge in [-0.1, -0.05) is 12.1 Å². The van der Waals surface area contributed by atoms with Gasteiger partial charge in [0.05, 0.1) is 13.0 Å². The van der Waals surface area contributed by atoms with E-state index in [1.54, 1.807) is 12.0 Å². The van der Waals surface area contributed by atoms with E-state index in [0.29, 0.717) is 13.1 Å². The smallest absolute Gasteiger partial charge is 0.227 e. The molecule has 1 atom stereocenters. The Balaban J connectivity index is 0.00000261. The lowest BCUT2D eigenvalue weighted by Crippen LogP contribution is -2.34. The van der Waals surface area contributed by atoms with E-state index in [4.69, 9.17) is 10.5 Å². The predicted molar refractivity (Wildman–Crippen MR) is 108 cm³/mol. The number of nitrogens with two attached hydrogens (primary N) is 1. The number of hydrogen-bond acceptors (Lipinski definition) is 4. The zero-order valence-corrected chi connectivity index (χ0v) is 16.0. The summed E-state index contributed by atoms with van der Waals surface area (Å²) < 4.78 is 5.13. The highest BCUT2D eigenvalue weighted by atomic mass is 35.5. The first kappa shape index (κ1) is 20.6. The number of rotatable bonds is 6. The summed E-state index contributed by atoms with van der Waals surface area (Å²) >= 11 is 0. The number of amides is 2. The van der Waals surface area contributed by atoms with Crippen molar-refractivity contribution in [2.24, 2.45) is 5.92 Å². The largest absolute Gasteiger partial charge is 0.497 e. The standard InChI is InChI=1S/C20H23N3O3.ClH/c1-26-18-8-6-17(7-9-18)23-13-15(12-19(23)24)20(25)22-11-10-14-2-4-16(21)5-3-14;/h2-9,15H,10-13,21H2,1H3,(H,22,25);1H. The topological polar surface area (TPSA) is 84.7 Å². The molecule has 0 saturated carbocycles. The Morgan fingerprint density at radius 3 is 2.48 bits per heavy atom. The van der Waals surface area contributed by atoms with Gasteiger partial charge in [0.15, 0.2) is 0 Å². The zero-order valence-electron chi connectivity index (χ0n) is 15.2. The number of nitrogen functional groups attached to an aromatic ring is 1. The Morgan fingerprint density at radius 2 is 1.85 bits per heavy atom. The molecule has 144 valence electrons. The Labute approximate surface area is 165 Å². The van der Waals surface area contributed by atoms with Gasteiger partial charge in [-0.15, -0.1) is 12.4 Å². The number of hydrogen-bond donors (Lipinski definition) is 2. The summed E-state index contributed by atoms with van der Waals surface area (Å²) in [5.74, 6) is 0.298. The zero-order chi connectivity index (χ0) is 18.5. The van der Waals surface area contributed by atoms with E-state index in [9.17, 15) is 9.59 Å². The summed E-state index contributed by atoms with van der Waals surface area (Å²) in [6.45, 7) is 0.939. The number of nitrogens with zero attached hydrogens (tertiary/aromatic N) is 1. The monoisotopic (exact) mass is 389 g/mol. The van der Waals surface area contributed by atoms with Crippen LogP contribution in [-0.2, 0) is 16.0 Å². The number of carbonyl (C=O) groups excluding carboxylic acids is 2. The van der Waals surface area contributed by atoms with Crippen LogP contribution < -0.4 is 20.7 Å². The summed E-state index contributed by atoms with van der Waals surface area (Å²) in [5.41, 5.74) is 8.28. The molecule has 7 heteroatoms. The molecule has 1 saturated heterocycles. The maximum atomic E-state index is 12.4. The third kappa shape index (κ3) is 5.14. The van der Waals surface area contributed by atoms with Gasteiger partial charge in [-0.05, 0) is 48.4 Å². The number of ether oxygens (including phenoxy) is 1. The maximum absolute atomic E-state index is 12.4. The lowest BCUT2D eigenvalue weighted by molar-refractivity contribution is -0.126. The molecule has 0 bridgehead atoms. The van der Waals surface area contributed by atoms with E-state index in [-0.39, 0.29) is 36.6 Å². The molecule has 6 nitrogen and oxygen atoms in total. The molecular formula is C20H24ClN3O3. The van der Waals surface area contributed by atoms with E-state index in [1.807, 2.05) is 48.5 Å². The lowest BCUT2D eigenvalue weighted by atomic mass is 10.1. The summed E-state index contributed by atoms with van der Waals surface area (Å²) in [6.07, 6.45) is 0.967. The number of halogens is 1. The molecule has 27 heavy (non-hydrogen) atoms. The second-order valence-electron chi connectivity index (χ2n) is 6.39. The molecule has 0 aromatic heterocycles. The lowest BCUT2D eigenvalue weighted by Gasteiger charge is -2.17. The number of benzene rings is 2. The molecule has 1 aliphatic rings. The second kappa shape index (κ2) is 9.28. The number of methoxy groups -OCH3 is 1. The first-order chi connectivity index (χ1) is 12.6. The first-order valence-corrected chi connectivity index (χ1v) is 8.63. The SMILES string of the molecule is COc1ccc(N2CC(C(=O)NCCc3ccc(N)cc3)CC2=O)cc1.Cl. The highest BCUT2D eigenvalue weighted by Crippen LogP contribution is 2.26. The minimum atomic E-state index is -0.323. The number of nitrogens with one attached hydrogen (secondary N) is 1. The molecule has 2 amide bonds. The van der Waals surface area contributed by atoms with Crippen LogP contribution in [0.3, 0.4) is 0 Å². The van der Waals surface area contributed by atoms with Crippen LogP contribution in [0.15, 0.2) is 48.5 Å². The fourth-order valence-corrected chi connectivity index (χ4v) is 3.05. The van der Waals surface area contributed by atoms with Gasteiger partial charge in [-0.3, -0.25) is 9.59 Å². The average molecular weight is 390 g/mol. The molecule has 1 unspecified atom stereocenters. The minimum absolute atomic E-state index is 0. The van der Waals surface area contributed by atoms with Gasteiger partial charge in [0.2, 0.25) is 11.8 Å². The van der Waals surface area contributed by atoms with Crippen LogP contribution in [-0.4, -0.2) is 32.0 Å². The van der Waals surface area contributed by atoms with Gasteiger partial charge in [0, 0.05) is 30.9 Å². The van der Waals surface area contributed by atoms with Crippen molar-refractivity contribution in [3.63, 3.8) is 0 Å². The fourth-order valence-electron chi connectivity index (χ4n) is 3.05. The molecule has 1 fully saturated rings. The molecule has 0 aliphatic carbocycles. The van der Waals surface area contributed by atoms with Crippen molar-refractivity contribution in [2.75, 3.05) is 30.8 Å². The Hall–Kier alpha value is -2.73. The van der Waals surface area contributed by atoms with Crippen molar-refractivity contribution in [3.8, 4) is 5.75 Å². The number of anilines is 2. The molecule has 1 aliphatic heterocycles. The van der Waals surface area contributed by atoms with Crippen molar-refractivity contribution >= 4 is 35.6 Å². The van der Waals surface area contributed by atoms with Crippen LogP contribution in [0.4, 0.5) is 11.4 Å². The summed E-state index contributed by atoms with van der Waals surface area (Å²) in [7, 11) is 1.60. The quantitative estimate of drug-likeness (QED) is 0.743. The predicted octanol–water partition coefficient (Wildman–Crippen LogP) is 2.41. The molecule has 2 aromatic carbocycles. The maximum Gasteiger partial charge on any atom is 0.227 e. The van der Waals surface area contributed by atoms with Crippen molar-refractivity contribution in [1.29, 1.82) is 0 Å². The van der Waals surface area contributed by atoms with Gasteiger partial charge in [0.1, 0.15) is 5.75 Å². The van der Waals surface area contributed by atoms with Gasteiger partial charge in [-0.25, -0.2) is 0 Å². The van der Waals surface area contributed by atoms with Crippen LogP contribution >= 0.6 is 12.4 Å². The van der Waals surface area contributed by atoms with Crippen molar-refractivity contribution in [3.05, 3.63) is 54.1 Å². The van der Waals surface area contributed by atoms with Gasteiger partial charge < -0.3 is 20.7 Å². The average Bonchev–Trinajstić information content (AvgIpc) is 3.05. The van der Waals surface area contributed by atoms with E-state index >= 15 is 0 Å². The van der Waals surface area contributed by atoms with Crippen LogP contribution in [0.1, 0.15) is 12.0 Å². The highest BCUT2D eigenvalue weighted by molar-refractivity contribution is 6.00. The fraction of sp³-hybridized carbons (Fsp3) is 0.300. The number of carbonyl (C=O) groups is 2. The van der Waals surface area contributed by atoms with Crippen molar-refractivity contribution < 1.29 is 14.3 Å². The van der Waals surface area contributed by atoms with Crippen LogP contribution in [0.25, 0.3) is 0 Å². The Bertz CT molecular complexity index is 778. The Kier molecular flexibility index (Phi) is 7.07.